The number of hydrogen-bond donors (Lipinski definition) is 6. The van der Waals surface area contributed by atoms with Crippen LogP contribution in [0.15, 0.2) is 27.2 Å². The molecule has 0 radical (unpaired) electrons. The largest absolute Gasteiger partial charge is 0.387 e. The Bertz CT molecular complexity index is 738. The lowest BCUT2D eigenvalue weighted by atomic mass is 10.1. The third-order valence-corrected chi connectivity index (χ3v) is 7.75. The van der Waals surface area contributed by atoms with Crippen LogP contribution in [0.25, 0.3) is 0 Å². The van der Waals surface area contributed by atoms with Crippen molar-refractivity contribution in [1.82, 2.24) is 4.90 Å². The van der Waals surface area contributed by atoms with Crippen LogP contribution in [-0.4, -0.2) is 72.7 Å². The summed E-state index contributed by atoms with van der Waals surface area (Å²) in [5, 5.41) is 20.3. The zero-order valence-electron chi connectivity index (χ0n) is 13.1. The SMILES string of the molecule is C=C1N=C(N)C(I)=CN1[C@@H]1O[C@H](COP(=O)(O)CP(=O)(O)O)C(O)[C@@H]1O. The first-order valence-electron chi connectivity index (χ1n) is 7.02. The molecule has 2 heterocycles. The normalized spacial score (nSPS) is 32.2. The van der Waals surface area contributed by atoms with Crippen LogP contribution in [0.1, 0.15) is 0 Å². The molecule has 5 atom stereocenters. The van der Waals surface area contributed by atoms with E-state index in [0.717, 1.165) is 0 Å². The molecule has 2 aliphatic rings. The summed E-state index contributed by atoms with van der Waals surface area (Å²) in [6, 6.07) is 0. The Labute approximate surface area is 161 Å². The predicted molar refractivity (Wildman–Crippen MR) is 98.1 cm³/mol. The number of aliphatic imine (C=N–C) groups is 1. The fraction of sp³-hybridized carbons (Fsp3) is 0.545. The lowest BCUT2D eigenvalue weighted by molar-refractivity contribution is -0.0672. The van der Waals surface area contributed by atoms with Crippen LogP contribution >= 0.6 is 37.8 Å². The quantitative estimate of drug-likeness (QED) is 0.188. The first-order chi connectivity index (χ1) is 11.8. The molecule has 0 aromatic rings. The molecule has 1 fully saturated rings. The molecule has 12 nitrogen and oxygen atoms in total. The zero-order valence-corrected chi connectivity index (χ0v) is 17.1. The summed E-state index contributed by atoms with van der Waals surface area (Å²) >= 11 is 1.91. The lowest BCUT2D eigenvalue weighted by Crippen LogP contribution is -2.42. The minimum atomic E-state index is -4.78. The molecule has 0 aliphatic carbocycles. The van der Waals surface area contributed by atoms with Gasteiger partial charge in [0.1, 0.15) is 30.0 Å². The smallest absolute Gasteiger partial charge is 0.340 e. The van der Waals surface area contributed by atoms with E-state index >= 15 is 0 Å². The minimum absolute atomic E-state index is 0.148. The Kier molecular flexibility index (Phi) is 6.72. The lowest BCUT2D eigenvalue weighted by Gasteiger charge is -2.31. The predicted octanol–water partition coefficient (Wildman–Crippen LogP) is -0.809. The van der Waals surface area contributed by atoms with E-state index in [9.17, 15) is 24.2 Å². The third kappa shape index (κ3) is 5.35. The maximum absolute atomic E-state index is 11.7. The van der Waals surface area contributed by atoms with Crippen LogP contribution in [0.4, 0.5) is 0 Å². The van der Waals surface area contributed by atoms with Gasteiger partial charge in [-0.15, -0.1) is 0 Å². The van der Waals surface area contributed by atoms with Crippen LogP contribution in [0.3, 0.4) is 0 Å². The van der Waals surface area contributed by atoms with E-state index in [-0.39, 0.29) is 11.7 Å². The van der Waals surface area contributed by atoms with Crippen molar-refractivity contribution in [2.45, 2.75) is 24.5 Å². The third-order valence-electron chi connectivity index (χ3n) is 3.46. The van der Waals surface area contributed by atoms with Gasteiger partial charge in [0.25, 0.3) is 0 Å². The molecule has 0 amide bonds. The van der Waals surface area contributed by atoms with E-state index in [2.05, 4.69) is 16.1 Å². The number of aliphatic hydroxyl groups is 2. The molecule has 1 saturated heterocycles. The Morgan fingerprint density at radius 2 is 1.96 bits per heavy atom. The van der Waals surface area contributed by atoms with Gasteiger partial charge in [0, 0.05) is 6.20 Å². The Morgan fingerprint density at radius 1 is 1.35 bits per heavy atom. The van der Waals surface area contributed by atoms with Crippen molar-refractivity contribution in [2.24, 2.45) is 10.7 Å². The molecule has 0 saturated carbocycles. The van der Waals surface area contributed by atoms with E-state index in [0.29, 0.717) is 3.58 Å². The van der Waals surface area contributed by atoms with Gasteiger partial charge < -0.3 is 44.8 Å². The van der Waals surface area contributed by atoms with Gasteiger partial charge in [-0.3, -0.25) is 9.13 Å². The highest BCUT2D eigenvalue weighted by atomic mass is 127. The van der Waals surface area contributed by atoms with Crippen molar-refractivity contribution in [3.63, 3.8) is 0 Å². The first-order valence-corrected chi connectivity index (χ1v) is 11.7. The highest BCUT2D eigenvalue weighted by molar-refractivity contribution is 14.1. The molecule has 2 aliphatic heterocycles. The highest BCUT2D eigenvalue weighted by Gasteiger charge is 2.47. The van der Waals surface area contributed by atoms with E-state index in [1.165, 1.54) is 11.1 Å². The van der Waals surface area contributed by atoms with Crippen molar-refractivity contribution >= 4 is 43.6 Å². The molecule has 26 heavy (non-hydrogen) atoms. The van der Waals surface area contributed by atoms with Crippen molar-refractivity contribution < 1.29 is 43.3 Å². The number of hydrogen-bond acceptors (Lipinski definition) is 9. The van der Waals surface area contributed by atoms with Crippen molar-refractivity contribution in [1.29, 1.82) is 0 Å². The molecule has 7 N–H and O–H groups in total. The van der Waals surface area contributed by atoms with Crippen LogP contribution in [0, 0.1) is 0 Å². The summed E-state index contributed by atoms with van der Waals surface area (Å²) in [6.07, 6.45) is -3.77. The number of nitrogens with zero attached hydrogens (tertiary/aromatic N) is 2. The number of halogens is 1. The molecule has 0 aromatic carbocycles. The second kappa shape index (κ2) is 7.95. The van der Waals surface area contributed by atoms with E-state index in [4.69, 9.17) is 20.3 Å². The molecule has 0 spiro atoms. The molecule has 148 valence electrons. The molecular weight excluding hydrogens is 507 g/mol. The van der Waals surface area contributed by atoms with Crippen LogP contribution in [0.2, 0.25) is 0 Å². The standard InChI is InChI=1S/C11H18IN3O9P2/c1-5-14-10(13)6(12)2-15(5)11-9(17)8(16)7(24-11)3-23-26(21,22)4-25(18,19)20/h2,7-9,11,16-17H,1,3-4H2,(H2,13,14)(H,21,22)(H2,18,19,20)/t7-,8?,9+,11-/m1/s1. The number of rotatable bonds is 6. The summed E-state index contributed by atoms with van der Waals surface area (Å²) in [6.45, 7) is 3.00. The van der Waals surface area contributed by atoms with Gasteiger partial charge in [0.15, 0.2) is 12.1 Å². The average Bonchev–Trinajstić information content (AvgIpc) is 2.75. The molecule has 0 bridgehead atoms. The van der Waals surface area contributed by atoms with Crippen LogP contribution in [-0.2, 0) is 18.4 Å². The number of aliphatic hydroxyl groups excluding tert-OH is 2. The second-order valence-corrected chi connectivity index (χ2v) is 10.7. The maximum Gasteiger partial charge on any atom is 0.340 e. The summed E-state index contributed by atoms with van der Waals surface area (Å²) in [5.74, 6) is -0.999. The van der Waals surface area contributed by atoms with Gasteiger partial charge in [-0.1, -0.05) is 6.58 Å². The van der Waals surface area contributed by atoms with Gasteiger partial charge in [0.2, 0.25) is 0 Å². The molecule has 2 rings (SSSR count). The first kappa shape index (κ1) is 22.0. The summed E-state index contributed by atoms with van der Waals surface area (Å²) in [7, 11) is -9.39. The molecule has 15 heteroatoms. The second-order valence-electron chi connectivity index (χ2n) is 5.58. The average molecular weight is 525 g/mol. The number of nitrogens with two attached hydrogens (primary N) is 1. The summed E-state index contributed by atoms with van der Waals surface area (Å²) in [4.78, 5) is 32.3. The van der Waals surface area contributed by atoms with Crippen LogP contribution in [0.5, 0.6) is 0 Å². The van der Waals surface area contributed by atoms with Gasteiger partial charge in [-0.25, -0.2) is 4.99 Å². The maximum atomic E-state index is 11.7. The molecular formula is C11H18IN3O9P2. The summed E-state index contributed by atoms with van der Waals surface area (Å²) < 4.78 is 33.1. The van der Waals surface area contributed by atoms with Crippen molar-refractivity contribution in [3.8, 4) is 0 Å². The number of amidine groups is 1. The van der Waals surface area contributed by atoms with Gasteiger partial charge >= 0.3 is 15.2 Å². The fourth-order valence-corrected chi connectivity index (χ4v) is 5.28. The van der Waals surface area contributed by atoms with Gasteiger partial charge in [-0.05, 0) is 22.6 Å². The minimum Gasteiger partial charge on any atom is -0.387 e. The topological polar surface area (TPSA) is 195 Å². The molecule has 0 aromatic heterocycles. The zero-order chi connectivity index (χ0) is 19.9. The molecule has 2 unspecified atom stereocenters. The van der Waals surface area contributed by atoms with E-state index in [1.54, 1.807) is 0 Å². The number of ether oxygens (including phenoxy) is 1. The summed E-state index contributed by atoms with van der Waals surface area (Å²) in [5.41, 5.74) is 5.66. The van der Waals surface area contributed by atoms with Gasteiger partial charge in [0.05, 0.1) is 10.2 Å². The van der Waals surface area contributed by atoms with E-state index in [1.807, 2.05) is 22.6 Å². The Hall–Kier alpha value is -0.340. The van der Waals surface area contributed by atoms with E-state index < -0.39 is 52.2 Å². The fourth-order valence-electron chi connectivity index (χ4n) is 2.29. The highest BCUT2D eigenvalue weighted by Crippen LogP contribution is 2.55. The monoisotopic (exact) mass is 525 g/mol. The van der Waals surface area contributed by atoms with Crippen molar-refractivity contribution in [2.75, 3.05) is 12.5 Å². The van der Waals surface area contributed by atoms with Crippen LogP contribution < -0.4 is 5.73 Å². The van der Waals surface area contributed by atoms with Gasteiger partial charge in [-0.2, -0.15) is 0 Å². The van der Waals surface area contributed by atoms with Crippen molar-refractivity contribution in [3.05, 3.63) is 22.2 Å². The Balaban J connectivity index is 2.05. The Morgan fingerprint density at radius 3 is 2.54 bits per heavy atom.